The number of furan rings is 1. The Morgan fingerprint density at radius 2 is 1.60 bits per heavy atom. The number of sulfonamides is 2. The Labute approximate surface area is 120 Å². The van der Waals surface area contributed by atoms with Gasteiger partial charge in [0.2, 0.25) is 20.0 Å². The quantitative estimate of drug-likeness (QED) is 0.858. The molecule has 0 aliphatic rings. The lowest BCUT2D eigenvalue weighted by Crippen LogP contribution is -2.17. The number of nitrogens with two attached hydrogens (primary N) is 2. The topological polar surface area (TPSA) is 133 Å². The standard InChI is InChI=1S/C10H9ClN2O5S2/c11-7-4-6(8-2-1-3-18-8)9(19(12,14)15)5-10(7)20(13,16)17/h1-5H,(H2,12,14,15)(H2,13,16,17). The van der Waals surface area contributed by atoms with Crippen LogP contribution in [0, 0.1) is 0 Å². The lowest BCUT2D eigenvalue weighted by atomic mass is 10.2. The van der Waals surface area contributed by atoms with Gasteiger partial charge in [-0.25, -0.2) is 27.1 Å². The second-order valence-electron chi connectivity index (χ2n) is 3.85. The maximum Gasteiger partial charge on any atom is 0.239 e. The Morgan fingerprint density at radius 3 is 2.05 bits per heavy atom. The summed E-state index contributed by atoms with van der Waals surface area (Å²) in [4.78, 5) is -0.973. The van der Waals surface area contributed by atoms with Crippen molar-refractivity contribution < 1.29 is 21.3 Å². The molecule has 4 N–H and O–H groups in total. The van der Waals surface area contributed by atoms with Crippen LogP contribution in [-0.4, -0.2) is 16.8 Å². The summed E-state index contributed by atoms with van der Waals surface area (Å²) in [7, 11) is -8.38. The van der Waals surface area contributed by atoms with Gasteiger partial charge in [0.25, 0.3) is 0 Å². The van der Waals surface area contributed by atoms with E-state index in [9.17, 15) is 16.8 Å². The van der Waals surface area contributed by atoms with Gasteiger partial charge in [0.1, 0.15) is 10.7 Å². The van der Waals surface area contributed by atoms with Crippen molar-refractivity contribution in [2.45, 2.75) is 9.79 Å². The van der Waals surface area contributed by atoms with Gasteiger partial charge < -0.3 is 4.42 Å². The van der Waals surface area contributed by atoms with E-state index in [1.807, 2.05) is 0 Å². The van der Waals surface area contributed by atoms with Gasteiger partial charge in [0.05, 0.1) is 16.2 Å². The van der Waals surface area contributed by atoms with Crippen molar-refractivity contribution in [1.29, 1.82) is 0 Å². The number of hydrogen-bond donors (Lipinski definition) is 2. The van der Waals surface area contributed by atoms with Crippen molar-refractivity contribution in [3.8, 4) is 11.3 Å². The highest BCUT2D eigenvalue weighted by Crippen LogP contribution is 2.33. The predicted molar refractivity (Wildman–Crippen MR) is 71.9 cm³/mol. The van der Waals surface area contributed by atoms with Crippen LogP contribution in [0.3, 0.4) is 0 Å². The van der Waals surface area contributed by atoms with Crippen LogP contribution in [0.2, 0.25) is 5.02 Å². The van der Waals surface area contributed by atoms with Gasteiger partial charge in [0.15, 0.2) is 0 Å². The monoisotopic (exact) mass is 336 g/mol. The van der Waals surface area contributed by atoms with Gasteiger partial charge in [-0.3, -0.25) is 0 Å². The van der Waals surface area contributed by atoms with Crippen molar-refractivity contribution in [2.75, 3.05) is 0 Å². The van der Waals surface area contributed by atoms with E-state index in [2.05, 4.69) is 0 Å². The molecular weight excluding hydrogens is 328 g/mol. The van der Waals surface area contributed by atoms with Crippen molar-refractivity contribution >= 4 is 31.6 Å². The van der Waals surface area contributed by atoms with Crippen LogP contribution in [0.5, 0.6) is 0 Å². The number of hydrogen-bond acceptors (Lipinski definition) is 5. The molecule has 0 saturated heterocycles. The van der Waals surface area contributed by atoms with E-state index in [0.717, 1.165) is 12.1 Å². The second kappa shape index (κ2) is 4.86. The summed E-state index contributed by atoms with van der Waals surface area (Å²) >= 11 is 5.82. The van der Waals surface area contributed by atoms with Gasteiger partial charge in [-0.05, 0) is 24.3 Å². The molecule has 0 fully saturated rings. The van der Waals surface area contributed by atoms with E-state index in [1.165, 1.54) is 18.4 Å². The molecule has 0 amide bonds. The molecule has 2 aromatic rings. The number of benzene rings is 1. The average Bonchev–Trinajstić information content (AvgIpc) is 2.78. The molecule has 0 unspecified atom stereocenters. The fourth-order valence-electron chi connectivity index (χ4n) is 1.61. The molecule has 1 aromatic heterocycles. The number of halogens is 1. The highest BCUT2D eigenvalue weighted by molar-refractivity contribution is 7.90. The summed E-state index contributed by atoms with van der Waals surface area (Å²) in [6, 6.07) is 4.95. The molecule has 0 aliphatic carbocycles. The Kier molecular flexibility index (Phi) is 3.65. The average molecular weight is 337 g/mol. The van der Waals surface area contributed by atoms with Crippen LogP contribution in [0.15, 0.2) is 44.7 Å². The van der Waals surface area contributed by atoms with Gasteiger partial charge in [-0.15, -0.1) is 0 Å². The Hall–Kier alpha value is -1.39. The minimum absolute atomic E-state index is 0.0508. The van der Waals surface area contributed by atoms with Crippen molar-refractivity contribution in [2.24, 2.45) is 10.3 Å². The fourth-order valence-corrected chi connectivity index (χ4v) is 3.53. The maximum atomic E-state index is 11.6. The van der Waals surface area contributed by atoms with E-state index in [1.54, 1.807) is 0 Å². The molecule has 1 aromatic carbocycles. The third-order valence-electron chi connectivity index (χ3n) is 2.43. The van der Waals surface area contributed by atoms with Crippen LogP contribution in [0.1, 0.15) is 0 Å². The molecule has 0 saturated carbocycles. The molecule has 0 bridgehead atoms. The molecule has 0 radical (unpaired) electrons. The Morgan fingerprint density at radius 1 is 1.00 bits per heavy atom. The highest BCUT2D eigenvalue weighted by atomic mass is 35.5. The minimum Gasteiger partial charge on any atom is -0.464 e. The summed E-state index contributed by atoms with van der Waals surface area (Å²) in [5.41, 5.74) is 0.0508. The van der Waals surface area contributed by atoms with Crippen molar-refractivity contribution in [3.63, 3.8) is 0 Å². The van der Waals surface area contributed by atoms with E-state index in [-0.39, 0.29) is 16.3 Å². The zero-order valence-electron chi connectivity index (χ0n) is 9.78. The van der Waals surface area contributed by atoms with Crippen LogP contribution in [0.4, 0.5) is 0 Å². The smallest absolute Gasteiger partial charge is 0.239 e. The minimum atomic E-state index is -4.20. The summed E-state index contributed by atoms with van der Waals surface area (Å²) < 4.78 is 51.0. The zero-order chi connectivity index (χ0) is 15.1. The summed E-state index contributed by atoms with van der Waals surface area (Å²) in [6.07, 6.45) is 1.32. The van der Waals surface area contributed by atoms with Gasteiger partial charge in [0, 0.05) is 5.56 Å². The molecule has 108 valence electrons. The lowest BCUT2D eigenvalue weighted by molar-refractivity contribution is 0.577. The molecule has 20 heavy (non-hydrogen) atoms. The van der Waals surface area contributed by atoms with Crippen molar-refractivity contribution in [3.05, 3.63) is 35.6 Å². The van der Waals surface area contributed by atoms with E-state index < -0.39 is 29.8 Å². The fraction of sp³-hybridized carbons (Fsp3) is 0. The maximum absolute atomic E-state index is 11.6. The lowest BCUT2D eigenvalue weighted by Gasteiger charge is -2.09. The molecule has 10 heteroatoms. The first-order chi connectivity index (χ1) is 9.10. The van der Waals surface area contributed by atoms with Gasteiger partial charge in [-0.2, -0.15) is 0 Å². The molecular formula is C10H9ClN2O5S2. The first-order valence-electron chi connectivity index (χ1n) is 5.04. The largest absolute Gasteiger partial charge is 0.464 e. The van der Waals surface area contributed by atoms with Crippen LogP contribution >= 0.6 is 11.6 Å². The first kappa shape index (κ1) is 15.0. The SMILES string of the molecule is NS(=O)(=O)c1cc(S(N)(=O)=O)c(-c2ccco2)cc1Cl. The van der Waals surface area contributed by atoms with Crippen LogP contribution < -0.4 is 10.3 Å². The van der Waals surface area contributed by atoms with Gasteiger partial charge in [-0.1, -0.05) is 11.6 Å². The van der Waals surface area contributed by atoms with E-state index in [4.69, 9.17) is 26.3 Å². The summed E-state index contributed by atoms with van der Waals surface area (Å²) in [5, 5.41) is 9.81. The second-order valence-corrected chi connectivity index (χ2v) is 7.31. The normalized spacial score (nSPS) is 12.6. The molecule has 7 nitrogen and oxygen atoms in total. The molecule has 0 atom stereocenters. The summed E-state index contributed by atoms with van der Waals surface area (Å²) in [6.45, 7) is 0. The van der Waals surface area contributed by atoms with Crippen molar-refractivity contribution in [1.82, 2.24) is 0 Å². The van der Waals surface area contributed by atoms with E-state index in [0.29, 0.717) is 0 Å². The molecule has 1 heterocycles. The third-order valence-corrected chi connectivity index (χ3v) is 4.76. The van der Waals surface area contributed by atoms with Crippen LogP contribution in [-0.2, 0) is 20.0 Å². The third kappa shape index (κ3) is 2.86. The Bertz CT molecular complexity index is 857. The van der Waals surface area contributed by atoms with Crippen LogP contribution in [0.25, 0.3) is 11.3 Å². The molecule has 0 aliphatic heterocycles. The first-order valence-corrected chi connectivity index (χ1v) is 8.51. The molecule has 2 rings (SSSR count). The zero-order valence-corrected chi connectivity index (χ0v) is 12.2. The molecule has 0 spiro atoms. The highest BCUT2D eigenvalue weighted by Gasteiger charge is 2.23. The predicted octanol–water partition coefficient (Wildman–Crippen LogP) is 0.895. The summed E-state index contributed by atoms with van der Waals surface area (Å²) in [5.74, 6) is 0.178. The van der Waals surface area contributed by atoms with E-state index >= 15 is 0 Å². The van der Waals surface area contributed by atoms with Gasteiger partial charge >= 0.3 is 0 Å². The number of rotatable bonds is 3. The Balaban J connectivity index is 2.87. The number of primary sulfonamides is 2.